The molecule has 1 heterocycles. The molecule has 1 aromatic heterocycles. The van der Waals surface area contributed by atoms with Gasteiger partial charge < -0.3 is 13.9 Å². The summed E-state index contributed by atoms with van der Waals surface area (Å²) in [6.45, 7) is 13.3. The van der Waals surface area contributed by atoms with Crippen molar-refractivity contribution < 1.29 is 18.7 Å². The third-order valence-corrected chi connectivity index (χ3v) is 12.5. The van der Waals surface area contributed by atoms with Crippen LogP contribution >= 0.6 is 0 Å². The Hall–Kier alpha value is -1.95. The number of furan rings is 1. The smallest absolute Gasteiger partial charge is 0.229 e. The molecule has 0 amide bonds. The molecule has 4 nitrogen and oxygen atoms in total. The Morgan fingerprint density at radius 3 is 2.70 bits per heavy atom. The van der Waals surface area contributed by atoms with Gasteiger partial charge >= 0.3 is 0 Å². The molecule has 0 fully saturated rings. The predicted molar refractivity (Wildman–Crippen MR) is 119 cm³/mol. The van der Waals surface area contributed by atoms with Crippen LogP contribution in [0.5, 0.6) is 0 Å². The minimum Gasteiger partial charge on any atom is -0.460 e. The second kappa shape index (κ2) is 6.06. The van der Waals surface area contributed by atoms with Crippen molar-refractivity contribution in [2.75, 3.05) is 0 Å². The van der Waals surface area contributed by atoms with E-state index in [2.05, 4.69) is 39.9 Å². The van der Waals surface area contributed by atoms with Crippen molar-refractivity contribution in [3.63, 3.8) is 0 Å². The Kier molecular flexibility index (Phi) is 4.03. The van der Waals surface area contributed by atoms with Crippen LogP contribution in [-0.2, 0) is 16.3 Å². The quantitative estimate of drug-likeness (QED) is 0.647. The highest BCUT2D eigenvalue weighted by molar-refractivity contribution is 6.74. The zero-order chi connectivity index (χ0) is 21.6. The average molecular weight is 423 g/mol. The molecule has 3 aliphatic rings. The molecule has 3 atom stereocenters. The van der Waals surface area contributed by atoms with Crippen molar-refractivity contribution in [1.29, 1.82) is 0 Å². The molecule has 0 saturated heterocycles. The minimum atomic E-state index is -1.93. The zero-order valence-corrected chi connectivity index (χ0v) is 19.6. The van der Waals surface area contributed by atoms with E-state index < -0.39 is 19.8 Å². The number of benzene rings is 1. The second-order valence-electron chi connectivity index (χ2n) is 10.7. The Morgan fingerprint density at radius 2 is 2.00 bits per heavy atom. The molecule has 5 heteroatoms. The lowest BCUT2D eigenvalue weighted by atomic mass is 9.62. The monoisotopic (exact) mass is 422 g/mol. The van der Waals surface area contributed by atoms with Crippen molar-refractivity contribution in [3.05, 3.63) is 63.6 Å². The predicted octanol–water partition coefficient (Wildman–Crippen LogP) is 5.53. The van der Waals surface area contributed by atoms with Gasteiger partial charge in [0.1, 0.15) is 0 Å². The molecule has 5 rings (SSSR count). The van der Waals surface area contributed by atoms with Crippen LogP contribution < -0.4 is 0 Å². The van der Waals surface area contributed by atoms with E-state index in [-0.39, 0.29) is 16.9 Å². The number of hydrogen-bond donors (Lipinski definition) is 1. The van der Waals surface area contributed by atoms with E-state index >= 15 is 0 Å². The van der Waals surface area contributed by atoms with Gasteiger partial charge in [-0.1, -0.05) is 45.1 Å². The van der Waals surface area contributed by atoms with Gasteiger partial charge in [-0.25, -0.2) is 0 Å². The van der Waals surface area contributed by atoms with Crippen molar-refractivity contribution in [2.45, 2.75) is 76.3 Å². The standard InChI is InChI=1S/C25H30O4Si/c1-24(2,3)30(5,6)29-18-11-9-16-15(18)8-10-17-20(16)22(27)23-21-14(13-28-23)7-12-19(26)25(17,21)4/h7-8,10,12-13,18-19,26H,9,11H2,1-6H3/t18?,19-,25+/m1/s1. The summed E-state index contributed by atoms with van der Waals surface area (Å²) in [7, 11) is -1.93. The first kappa shape index (κ1) is 20.0. The number of carbonyl (C=O) groups excluding carboxylic acids is 1. The first-order valence-corrected chi connectivity index (χ1v) is 13.7. The van der Waals surface area contributed by atoms with Crippen molar-refractivity contribution in [3.8, 4) is 0 Å². The van der Waals surface area contributed by atoms with Gasteiger partial charge in [-0.3, -0.25) is 4.79 Å². The molecular formula is C25H30O4Si. The van der Waals surface area contributed by atoms with Gasteiger partial charge in [-0.2, -0.15) is 0 Å². The van der Waals surface area contributed by atoms with E-state index in [1.165, 1.54) is 0 Å². The normalized spacial score (nSPS) is 27.1. The van der Waals surface area contributed by atoms with Gasteiger partial charge in [0, 0.05) is 16.7 Å². The number of ketones is 1. The molecule has 1 aromatic carbocycles. The summed E-state index contributed by atoms with van der Waals surface area (Å²) in [4.78, 5) is 13.5. The maximum atomic E-state index is 13.5. The first-order chi connectivity index (χ1) is 14.0. The maximum absolute atomic E-state index is 13.5. The fourth-order valence-corrected chi connectivity index (χ4v) is 6.46. The molecule has 0 aliphatic heterocycles. The molecule has 158 valence electrons. The summed E-state index contributed by atoms with van der Waals surface area (Å²) in [6, 6.07) is 4.18. The third kappa shape index (κ3) is 2.43. The lowest BCUT2D eigenvalue weighted by Gasteiger charge is -2.41. The van der Waals surface area contributed by atoms with Crippen LogP contribution in [0.4, 0.5) is 0 Å². The topological polar surface area (TPSA) is 59.7 Å². The van der Waals surface area contributed by atoms with Crippen LogP contribution in [0.2, 0.25) is 18.1 Å². The largest absolute Gasteiger partial charge is 0.460 e. The van der Waals surface area contributed by atoms with E-state index in [0.29, 0.717) is 5.76 Å². The molecule has 0 spiro atoms. The summed E-state index contributed by atoms with van der Waals surface area (Å²) in [5, 5.41) is 11.1. The van der Waals surface area contributed by atoms with E-state index in [4.69, 9.17) is 8.84 Å². The van der Waals surface area contributed by atoms with Gasteiger partial charge in [0.15, 0.2) is 14.1 Å². The van der Waals surface area contributed by atoms with Crippen LogP contribution in [0.1, 0.15) is 84.2 Å². The molecule has 1 unspecified atom stereocenters. The van der Waals surface area contributed by atoms with E-state index in [0.717, 1.165) is 46.2 Å². The van der Waals surface area contributed by atoms with Gasteiger partial charge in [0.25, 0.3) is 0 Å². The molecule has 30 heavy (non-hydrogen) atoms. The fourth-order valence-electron chi connectivity index (χ4n) is 5.15. The number of rotatable bonds is 2. The second-order valence-corrected chi connectivity index (χ2v) is 15.4. The number of aliphatic hydroxyl groups excluding tert-OH is 1. The maximum Gasteiger partial charge on any atom is 0.229 e. The van der Waals surface area contributed by atoms with Gasteiger partial charge in [0.05, 0.1) is 23.9 Å². The highest BCUT2D eigenvalue weighted by atomic mass is 28.4. The summed E-state index contributed by atoms with van der Waals surface area (Å²) in [6.07, 6.45) is 6.32. The summed E-state index contributed by atoms with van der Waals surface area (Å²) >= 11 is 0. The van der Waals surface area contributed by atoms with Crippen LogP contribution in [0.25, 0.3) is 6.08 Å². The van der Waals surface area contributed by atoms with E-state index in [1.807, 2.05) is 19.1 Å². The number of carbonyl (C=O) groups is 1. The summed E-state index contributed by atoms with van der Waals surface area (Å²) in [5.74, 6) is 0.321. The lowest BCUT2D eigenvalue weighted by Crippen LogP contribution is -2.44. The Balaban J connectivity index is 1.65. The average Bonchev–Trinajstić information content (AvgIpc) is 3.27. The number of hydrogen-bond acceptors (Lipinski definition) is 4. The van der Waals surface area contributed by atoms with Crippen LogP contribution in [0.15, 0.2) is 28.9 Å². The summed E-state index contributed by atoms with van der Waals surface area (Å²) in [5.41, 5.74) is 4.87. The molecule has 0 saturated carbocycles. The van der Waals surface area contributed by atoms with Gasteiger partial charge in [0.2, 0.25) is 5.78 Å². The molecule has 1 N–H and O–H groups in total. The van der Waals surface area contributed by atoms with Crippen molar-refractivity contribution in [1.82, 2.24) is 0 Å². The van der Waals surface area contributed by atoms with E-state index in [1.54, 1.807) is 12.3 Å². The summed E-state index contributed by atoms with van der Waals surface area (Å²) < 4.78 is 12.5. The minimum absolute atomic E-state index is 0.0246. The molecule has 3 aliphatic carbocycles. The highest BCUT2D eigenvalue weighted by Crippen LogP contribution is 2.52. The van der Waals surface area contributed by atoms with Crippen LogP contribution in [-0.4, -0.2) is 25.3 Å². The van der Waals surface area contributed by atoms with Crippen LogP contribution in [0.3, 0.4) is 0 Å². The van der Waals surface area contributed by atoms with Crippen molar-refractivity contribution in [2.24, 2.45) is 0 Å². The zero-order valence-electron chi connectivity index (χ0n) is 18.6. The lowest BCUT2D eigenvalue weighted by molar-refractivity contribution is 0.0980. The number of aliphatic hydroxyl groups is 1. The van der Waals surface area contributed by atoms with Crippen molar-refractivity contribution >= 4 is 20.2 Å². The van der Waals surface area contributed by atoms with Gasteiger partial charge in [-0.05, 0) is 54.6 Å². The van der Waals surface area contributed by atoms with E-state index in [9.17, 15) is 9.90 Å². The Labute approximate surface area is 179 Å². The van der Waals surface area contributed by atoms with Crippen LogP contribution in [0, 0.1) is 0 Å². The fraction of sp³-hybridized carbons (Fsp3) is 0.480. The Bertz CT molecular complexity index is 1100. The SMILES string of the molecule is CC(C)(C)[Si](C)(C)OC1CCc2c1ccc1c2C(=O)c2occ3c2[C@]1(C)[C@H](O)C=C3. The van der Waals surface area contributed by atoms with Gasteiger partial charge in [-0.15, -0.1) is 0 Å². The molecule has 2 aromatic rings. The molecule has 0 radical (unpaired) electrons. The highest BCUT2D eigenvalue weighted by Gasteiger charge is 2.51. The number of fused-ring (bicyclic) bond motifs is 4. The first-order valence-electron chi connectivity index (χ1n) is 10.8. The molecule has 0 bridgehead atoms. The third-order valence-electron chi connectivity index (χ3n) is 7.98. The molecular weight excluding hydrogens is 392 g/mol. The Morgan fingerprint density at radius 1 is 1.27 bits per heavy atom.